The summed E-state index contributed by atoms with van der Waals surface area (Å²) in [5.41, 5.74) is 0.900. The Labute approximate surface area is 72.7 Å². The molecule has 2 aromatic heterocycles. The average molecular weight is 183 g/mol. The van der Waals surface area contributed by atoms with E-state index in [1.165, 1.54) is 10.8 Å². The van der Waals surface area contributed by atoms with E-state index in [1.807, 2.05) is 16.7 Å². The number of thiol groups is 1. The average Bonchev–Trinajstić information content (AvgIpc) is 2.50. The van der Waals surface area contributed by atoms with Crippen LogP contribution in [0.25, 0.3) is 5.65 Å². The molecule has 0 aromatic carbocycles. The first kappa shape index (κ1) is 7.00. The minimum Gasteiger partial charge on any atom is -0.290 e. The Morgan fingerprint density at radius 3 is 3.18 bits per heavy atom. The molecular weight excluding hydrogens is 178 g/mol. The molecule has 5 heteroatoms. The van der Waals surface area contributed by atoms with Crippen molar-refractivity contribution in [2.75, 3.05) is 0 Å². The summed E-state index contributed by atoms with van der Waals surface area (Å²) < 4.78 is 1.85. The fourth-order valence-corrected chi connectivity index (χ4v) is 1.40. The van der Waals surface area contributed by atoms with Gasteiger partial charge >= 0.3 is 0 Å². The van der Waals surface area contributed by atoms with Gasteiger partial charge in [0.25, 0.3) is 0 Å². The Morgan fingerprint density at radius 1 is 1.45 bits per heavy atom. The lowest BCUT2D eigenvalue weighted by Crippen LogP contribution is -1.85. The fourth-order valence-electron chi connectivity index (χ4n) is 0.851. The second kappa shape index (κ2) is 2.75. The van der Waals surface area contributed by atoms with E-state index in [0.717, 1.165) is 10.7 Å². The van der Waals surface area contributed by atoms with Crippen LogP contribution in [0.15, 0.2) is 29.8 Å². The molecule has 11 heavy (non-hydrogen) atoms. The van der Waals surface area contributed by atoms with Crippen molar-refractivity contribution in [2.24, 2.45) is 0 Å². The first-order chi connectivity index (χ1) is 5.40. The van der Waals surface area contributed by atoms with Crippen molar-refractivity contribution in [3.8, 4) is 0 Å². The molecule has 2 heterocycles. The largest absolute Gasteiger partial charge is 0.290 e. The zero-order valence-corrected chi connectivity index (χ0v) is 7.22. The van der Waals surface area contributed by atoms with E-state index in [-0.39, 0.29) is 0 Å². The normalized spacial score (nSPS) is 10.6. The third-order valence-electron chi connectivity index (χ3n) is 1.35. The molecule has 0 amide bonds. The summed E-state index contributed by atoms with van der Waals surface area (Å²) in [5, 5.41) is 0.868. The van der Waals surface area contributed by atoms with Crippen LogP contribution < -0.4 is 0 Å². The van der Waals surface area contributed by atoms with Crippen molar-refractivity contribution in [1.82, 2.24) is 14.4 Å². The summed E-state index contributed by atoms with van der Waals surface area (Å²) in [6, 6.07) is 1.89. The summed E-state index contributed by atoms with van der Waals surface area (Å²) in [5.74, 6) is 0. The van der Waals surface area contributed by atoms with Crippen molar-refractivity contribution >= 4 is 28.1 Å². The first-order valence-corrected chi connectivity index (χ1v) is 4.87. The van der Waals surface area contributed by atoms with Crippen molar-refractivity contribution < 1.29 is 0 Å². The lowest BCUT2D eigenvalue weighted by molar-refractivity contribution is 1.01. The highest BCUT2D eigenvalue weighted by Crippen LogP contribution is 2.18. The quantitative estimate of drug-likeness (QED) is 0.414. The van der Waals surface area contributed by atoms with Gasteiger partial charge in [-0.25, -0.2) is 9.97 Å². The van der Waals surface area contributed by atoms with Crippen molar-refractivity contribution in [1.29, 1.82) is 0 Å². The van der Waals surface area contributed by atoms with Gasteiger partial charge < -0.3 is 0 Å². The second-order valence-corrected chi connectivity index (χ2v) is 3.16. The molecule has 0 saturated carbocycles. The van der Waals surface area contributed by atoms with Gasteiger partial charge in [0, 0.05) is 18.5 Å². The molecule has 0 aliphatic carbocycles. The molecule has 0 atom stereocenters. The van der Waals surface area contributed by atoms with Gasteiger partial charge in [0.1, 0.15) is 17.0 Å². The van der Waals surface area contributed by atoms with E-state index in [4.69, 9.17) is 0 Å². The number of aromatic nitrogens is 3. The maximum atomic E-state index is 4.11. The summed E-state index contributed by atoms with van der Waals surface area (Å²) in [6.07, 6.45) is 5.32. The van der Waals surface area contributed by atoms with Gasteiger partial charge in [0.2, 0.25) is 0 Å². The number of nitrogens with zero attached hydrogens (tertiary/aromatic N) is 3. The van der Waals surface area contributed by atoms with Crippen LogP contribution >= 0.6 is 22.5 Å². The molecule has 0 radical (unpaired) electrons. The zero-order chi connectivity index (χ0) is 7.68. The molecule has 0 unspecified atom stereocenters. The summed E-state index contributed by atoms with van der Waals surface area (Å²) in [4.78, 5) is 8.21. The summed E-state index contributed by atoms with van der Waals surface area (Å²) in [6.45, 7) is 0. The molecule has 2 rings (SSSR count). The molecule has 0 aliphatic rings. The third kappa shape index (κ3) is 1.21. The van der Waals surface area contributed by atoms with E-state index in [9.17, 15) is 0 Å². The minimum absolute atomic E-state index is 0.868. The molecule has 0 N–H and O–H groups in total. The van der Waals surface area contributed by atoms with E-state index >= 15 is 0 Å². The van der Waals surface area contributed by atoms with E-state index < -0.39 is 0 Å². The second-order valence-electron chi connectivity index (χ2n) is 2.01. The Morgan fingerprint density at radius 2 is 2.36 bits per heavy atom. The van der Waals surface area contributed by atoms with Crippen molar-refractivity contribution in [2.45, 2.75) is 5.03 Å². The van der Waals surface area contributed by atoms with Gasteiger partial charge in [-0.15, -0.1) is 11.7 Å². The highest BCUT2D eigenvalue weighted by molar-refractivity contribution is 8.68. The van der Waals surface area contributed by atoms with Crippen LogP contribution in [0.5, 0.6) is 0 Å². The molecule has 2 aromatic rings. The van der Waals surface area contributed by atoms with Crippen LogP contribution in [0.1, 0.15) is 0 Å². The van der Waals surface area contributed by atoms with Crippen LogP contribution in [0.2, 0.25) is 0 Å². The molecular formula is C6H5N3S2. The first-order valence-electron chi connectivity index (χ1n) is 3.00. The predicted molar refractivity (Wildman–Crippen MR) is 47.8 cm³/mol. The SMILES string of the molecule is SSc1cc2nccn2cn1. The molecule has 0 fully saturated rings. The maximum Gasteiger partial charge on any atom is 0.140 e. The van der Waals surface area contributed by atoms with Gasteiger partial charge in [-0.1, -0.05) is 0 Å². The fraction of sp³-hybridized carbons (Fsp3) is 0. The standard InChI is InChI=1S/C6H5N3S2/c10-11-6-3-5-7-1-2-9(5)4-8-6/h1-4,10H. The number of hydrogen-bond donors (Lipinski definition) is 1. The molecule has 0 aliphatic heterocycles. The third-order valence-corrected chi connectivity index (χ3v) is 2.33. The van der Waals surface area contributed by atoms with E-state index in [0.29, 0.717) is 0 Å². The monoisotopic (exact) mass is 183 g/mol. The van der Waals surface area contributed by atoms with Crippen molar-refractivity contribution in [3.05, 3.63) is 24.8 Å². The topological polar surface area (TPSA) is 30.2 Å². The smallest absolute Gasteiger partial charge is 0.140 e. The van der Waals surface area contributed by atoms with Gasteiger partial charge in [-0.3, -0.25) is 4.40 Å². The van der Waals surface area contributed by atoms with Crippen LogP contribution in [0.3, 0.4) is 0 Å². The number of fused-ring (bicyclic) bond motifs is 1. The number of rotatable bonds is 1. The molecule has 56 valence electrons. The van der Waals surface area contributed by atoms with Crippen LogP contribution in [0, 0.1) is 0 Å². The lowest BCUT2D eigenvalue weighted by Gasteiger charge is -1.94. The van der Waals surface area contributed by atoms with Crippen molar-refractivity contribution in [3.63, 3.8) is 0 Å². The molecule has 0 bridgehead atoms. The Bertz CT molecular complexity index is 371. The minimum atomic E-state index is 0.868. The highest BCUT2D eigenvalue weighted by atomic mass is 33.1. The highest BCUT2D eigenvalue weighted by Gasteiger charge is 1.95. The number of hydrogen-bond acceptors (Lipinski definition) is 4. The maximum absolute atomic E-state index is 4.11. The van der Waals surface area contributed by atoms with Crippen LogP contribution in [-0.4, -0.2) is 14.4 Å². The van der Waals surface area contributed by atoms with Gasteiger partial charge in [-0.05, 0) is 10.8 Å². The Kier molecular flexibility index (Phi) is 1.75. The summed E-state index contributed by atoms with van der Waals surface area (Å²) in [7, 11) is 1.32. The summed E-state index contributed by atoms with van der Waals surface area (Å²) >= 11 is 4.03. The van der Waals surface area contributed by atoms with Gasteiger partial charge in [-0.2, -0.15) is 0 Å². The van der Waals surface area contributed by atoms with Gasteiger partial charge in [0.15, 0.2) is 0 Å². The van der Waals surface area contributed by atoms with E-state index in [2.05, 4.69) is 21.6 Å². The molecule has 0 spiro atoms. The Hall–Kier alpha value is -0.680. The number of imidazole rings is 1. The van der Waals surface area contributed by atoms with Gasteiger partial charge in [0.05, 0.1) is 0 Å². The Balaban J connectivity index is 2.67. The zero-order valence-electron chi connectivity index (χ0n) is 5.51. The van der Waals surface area contributed by atoms with Crippen LogP contribution in [0.4, 0.5) is 0 Å². The van der Waals surface area contributed by atoms with E-state index in [1.54, 1.807) is 12.5 Å². The molecule has 0 saturated heterocycles. The molecule has 3 nitrogen and oxygen atoms in total. The lowest BCUT2D eigenvalue weighted by atomic mass is 10.6. The van der Waals surface area contributed by atoms with Crippen LogP contribution in [-0.2, 0) is 0 Å². The predicted octanol–water partition coefficient (Wildman–Crippen LogP) is 1.67.